The molecule has 4 nitrogen and oxygen atoms in total. The van der Waals surface area contributed by atoms with Gasteiger partial charge in [0.05, 0.1) is 12.7 Å². The van der Waals surface area contributed by atoms with Gasteiger partial charge in [0.15, 0.2) is 0 Å². The van der Waals surface area contributed by atoms with Crippen molar-refractivity contribution in [2.45, 2.75) is 31.8 Å². The zero-order valence-electron chi connectivity index (χ0n) is 11.5. The van der Waals surface area contributed by atoms with Gasteiger partial charge >= 0.3 is 0 Å². The second-order valence-electron chi connectivity index (χ2n) is 5.63. The Hall–Kier alpha value is -0.840. The molecule has 0 radical (unpaired) electrons. The summed E-state index contributed by atoms with van der Waals surface area (Å²) in [5, 5.41) is 6.89. The lowest BCUT2D eigenvalue weighted by Gasteiger charge is -2.26. The zero-order chi connectivity index (χ0) is 12.8. The third-order valence-electron chi connectivity index (χ3n) is 3.54. The van der Waals surface area contributed by atoms with Gasteiger partial charge in [-0.3, -0.25) is 0 Å². The Morgan fingerprint density at radius 1 is 1.50 bits per heavy atom. The number of H-pyrrole nitrogens is 1. The standard InChI is InChI=1S/C14H25N3O/c1-14(2,13-4-3-6-17-13)11-16-7-5-12-10-15-8-9-18-12/h3-4,6,12,15-17H,5,7-11H2,1-2H3. The Morgan fingerprint density at radius 3 is 3.06 bits per heavy atom. The van der Waals surface area contributed by atoms with Gasteiger partial charge in [0.25, 0.3) is 0 Å². The molecule has 0 saturated carbocycles. The highest BCUT2D eigenvalue weighted by atomic mass is 16.5. The second kappa shape index (κ2) is 6.36. The maximum atomic E-state index is 5.67. The van der Waals surface area contributed by atoms with Crippen LogP contribution in [0.5, 0.6) is 0 Å². The maximum absolute atomic E-state index is 5.67. The van der Waals surface area contributed by atoms with Crippen molar-refractivity contribution < 1.29 is 4.74 Å². The van der Waals surface area contributed by atoms with Crippen LogP contribution < -0.4 is 10.6 Å². The van der Waals surface area contributed by atoms with Gasteiger partial charge in [-0.05, 0) is 25.1 Å². The molecular formula is C14H25N3O. The summed E-state index contributed by atoms with van der Waals surface area (Å²) in [6.45, 7) is 9.32. The SMILES string of the molecule is CC(C)(CNCCC1CNCCO1)c1ccc[nH]1. The number of rotatable bonds is 6. The van der Waals surface area contributed by atoms with Crippen molar-refractivity contribution in [3.63, 3.8) is 0 Å². The summed E-state index contributed by atoms with van der Waals surface area (Å²) in [6.07, 6.45) is 3.44. The summed E-state index contributed by atoms with van der Waals surface area (Å²) in [5.41, 5.74) is 1.43. The van der Waals surface area contributed by atoms with Crippen molar-refractivity contribution in [1.82, 2.24) is 15.6 Å². The normalized spacial score (nSPS) is 21.1. The molecule has 0 bridgehead atoms. The highest BCUT2D eigenvalue weighted by Crippen LogP contribution is 2.19. The lowest BCUT2D eigenvalue weighted by Crippen LogP contribution is -2.41. The molecule has 1 fully saturated rings. The van der Waals surface area contributed by atoms with Crippen LogP contribution in [0.4, 0.5) is 0 Å². The average Bonchev–Trinajstić information content (AvgIpc) is 2.91. The van der Waals surface area contributed by atoms with E-state index in [4.69, 9.17) is 4.74 Å². The van der Waals surface area contributed by atoms with Gasteiger partial charge in [-0.25, -0.2) is 0 Å². The van der Waals surface area contributed by atoms with E-state index in [1.165, 1.54) is 5.69 Å². The molecule has 1 aromatic heterocycles. The van der Waals surface area contributed by atoms with E-state index < -0.39 is 0 Å². The second-order valence-corrected chi connectivity index (χ2v) is 5.63. The van der Waals surface area contributed by atoms with E-state index in [0.29, 0.717) is 6.10 Å². The zero-order valence-corrected chi connectivity index (χ0v) is 11.5. The first-order chi connectivity index (χ1) is 8.68. The van der Waals surface area contributed by atoms with Gasteiger partial charge in [0, 0.05) is 36.9 Å². The van der Waals surface area contributed by atoms with Crippen LogP contribution in [0, 0.1) is 0 Å². The topological polar surface area (TPSA) is 49.1 Å². The largest absolute Gasteiger partial charge is 0.376 e. The highest BCUT2D eigenvalue weighted by Gasteiger charge is 2.21. The van der Waals surface area contributed by atoms with Gasteiger partial charge in [-0.2, -0.15) is 0 Å². The van der Waals surface area contributed by atoms with Crippen molar-refractivity contribution in [2.75, 3.05) is 32.8 Å². The molecule has 1 unspecified atom stereocenters. The molecule has 18 heavy (non-hydrogen) atoms. The van der Waals surface area contributed by atoms with Gasteiger partial charge in [0.2, 0.25) is 0 Å². The van der Waals surface area contributed by atoms with E-state index in [-0.39, 0.29) is 5.41 Å². The third kappa shape index (κ3) is 3.83. The maximum Gasteiger partial charge on any atom is 0.0712 e. The van der Waals surface area contributed by atoms with Crippen LogP contribution in [0.3, 0.4) is 0 Å². The Bertz CT molecular complexity index is 329. The van der Waals surface area contributed by atoms with Gasteiger partial charge in [-0.1, -0.05) is 13.8 Å². The lowest BCUT2D eigenvalue weighted by atomic mass is 9.89. The number of aromatic amines is 1. The predicted octanol–water partition coefficient (Wildman–Crippen LogP) is 1.26. The number of hydrogen-bond donors (Lipinski definition) is 3. The third-order valence-corrected chi connectivity index (χ3v) is 3.54. The van der Waals surface area contributed by atoms with Gasteiger partial charge in [-0.15, -0.1) is 0 Å². The first-order valence-electron chi connectivity index (χ1n) is 6.85. The summed E-state index contributed by atoms with van der Waals surface area (Å²) in [6, 6.07) is 4.20. The molecule has 0 aliphatic carbocycles. The summed E-state index contributed by atoms with van der Waals surface area (Å²) < 4.78 is 5.67. The summed E-state index contributed by atoms with van der Waals surface area (Å²) >= 11 is 0. The minimum Gasteiger partial charge on any atom is -0.376 e. The van der Waals surface area contributed by atoms with Crippen LogP contribution in [0.2, 0.25) is 0 Å². The van der Waals surface area contributed by atoms with E-state index in [0.717, 1.165) is 39.2 Å². The Kier molecular flexibility index (Phi) is 4.80. The molecular weight excluding hydrogens is 226 g/mol. The molecule has 1 aromatic rings. The summed E-state index contributed by atoms with van der Waals surface area (Å²) in [5.74, 6) is 0. The molecule has 102 valence electrons. The molecule has 0 amide bonds. The first kappa shape index (κ1) is 13.6. The van der Waals surface area contributed by atoms with Crippen LogP contribution in [0.15, 0.2) is 18.3 Å². The molecule has 4 heteroatoms. The van der Waals surface area contributed by atoms with Crippen molar-refractivity contribution in [2.24, 2.45) is 0 Å². The van der Waals surface area contributed by atoms with Crippen LogP contribution in [-0.4, -0.2) is 43.9 Å². The predicted molar refractivity (Wildman–Crippen MR) is 73.9 cm³/mol. The quantitative estimate of drug-likeness (QED) is 0.667. The Labute approximate surface area is 109 Å². The Morgan fingerprint density at radius 2 is 2.39 bits per heavy atom. The first-order valence-corrected chi connectivity index (χ1v) is 6.85. The minimum atomic E-state index is 0.148. The van der Waals surface area contributed by atoms with E-state index in [1.807, 2.05) is 6.20 Å². The molecule has 2 rings (SSSR count). The van der Waals surface area contributed by atoms with Crippen molar-refractivity contribution in [3.05, 3.63) is 24.0 Å². The van der Waals surface area contributed by atoms with Crippen molar-refractivity contribution in [3.8, 4) is 0 Å². The molecule has 0 spiro atoms. The van der Waals surface area contributed by atoms with E-state index in [1.54, 1.807) is 0 Å². The summed E-state index contributed by atoms with van der Waals surface area (Å²) in [7, 11) is 0. The monoisotopic (exact) mass is 251 g/mol. The van der Waals surface area contributed by atoms with Gasteiger partial charge in [0.1, 0.15) is 0 Å². The van der Waals surface area contributed by atoms with Crippen molar-refractivity contribution >= 4 is 0 Å². The van der Waals surface area contributed by atoms with Crippen molar-refractivity contribution in [1.29, 1.82) is 0 Å². The van der Waals surface area contributed by atoms with Crippen LogP contribution in [-0.2, 0) is 10.2 Å². The van der Waals surface area contributed by atoms with Gasteiger partial charge < -0.3 is 20.4 Å². The molecule has 1 aliphatic heterocycles. The van der Waals surface area contributed by atoms with Crippen LogP contribution in [0.25, 0.3) is 0 Å². The fourth-order valence-electron chi connectivity index (χ4n) is 2.32. The molecule has 2 heterocycles. The van der Waals surface area contributed by atoms with E-state index in [2.05, 4.69) is 41.6 Å². The van der Waals surface area contributed by atoms with Crippen LogP contribution in [0.1, 0.15) is 26.0 Å². The minimum absolute atomic E-state index is 0.148. The average molecular weight is 251 g/mol. The molecule has 3 N–H and O–H groups in total. The van der Waals surface area contributed by atoms with E-state index >= 15 is 0 Å². The van der Waals surface area contributed by atoms with E-state index in [9.17, 15) is 0 Å². The molecule has 1 atom stereocenters. The number of morpholine rings is 1. The number of nitrogens with one attached hydrogen (secondary N) is 3. The van der Waals surface area contributed by atoms with Crippen LogP contribution >= 0.6 is 0 Å². The fourth-order valence-corrected chi connectivity index (χ4v) is 2.32. The number of hydrogen-bond acceptors (Lipinski definition) is 3. The lowest BCUT2D eigenvalue weighted by molar-refractivity contribution is 0.0237. The Balaban J connectivity index is 1.65. The fraction of sp³-hybridized carbons (Fsp3) is 0.714. The molecule has 1 aliphatic rings. The highest BCUT2D eigenvalue weighted by molar-refractivity contribution is 5.15. The summed E-state index contributed by atoms with van der Waals surface area (Å²) in [4.78, 5) is 3.29. The molecule has 1 saturated heterocycles. The number of ether oxygens (including phenoxy) is 1. The molecule has 0 aromatic carbocycles. The number of aromatic nitrogens is 1. The smallest absolute Gasteiger partial charge is 0.0712 e.